The highest BCUT2D eigenvalue weighted by Crippen LogP contribution is 2.54. The molecule has 1 aromatic rings. The Kier molecular flexibility index (Phi) is 2.07. The van der Waals surface area contributed by atoms with Crippen LogP contribution in [0.1, 0.15) is 18.9 Å². The second kappa shape index (κ2) is 3.02. The van der Waals surface area contributed by atoms with Crippen molar-refractivity contribution in [3.8, 4) is 0 Å². The molecule has 1 aromatic carbocycles. The maximum absolute atomic E-state index is 13.4. The molecule has 0 heterocycles. The van der Waals surface area contributed by atoms with E-state index in [0.29, 0.717) is 5.56 Å². The van der Waals surface area contributed by atoms with Gasteiger partial charge in [0.05, 0.1) is 0 Å². The average molecular weight is 198 g/mol. The molecule has 2 rings (SSSR count). The van der Waals surface area contributed by atoms with Gasteiger partial charge in [-0.3, -0.25) is 0 Å². The van der Waals surface area contributed by atoms with Crippen molar-refractivity contribution in [1.29, 1.82) is 0 Å². The predicted octanol–water partition coefficient (Wildman–Crippen LogP) is 2.23. The lowest BCUT2D eigenvalue weighted by Crippen LogP contribution is -2.09. The first-order chi connectivity index (χ1) is 6.58. The molecule has 0 aromatic heterocycles. The summed E-state index contributed by atoms with van der Waals surface area (Å²) in [6.45, 7) is 1.89. The number of aliphatic hydroxyl groups excluding tert-OH is 1. The van der Waals surface area contributed by atoms with E-state index in [0.717, 1.165) is 18.6 Å². The van der Waals surface area contributed by atoms with E-state index in [2.05, 4.69) is 0 Å². The van der Waals surface area contributed by atoms with Crippen LogP contribution in [-0.4, -0.2) is 11.7 Å². The van der Waals surface area contributed by atoms with Gasteiger partial charge in [0.2, 0.25) is 0 Å². The molecule has 1 N–H and O–H groups in total. The second-order valence-corrected chi connectivity index (χ2v) is 4.13. The minimum atomic E-state index is -0.425. The smallest absolute Gasteiger partial charge is 0.127 e. The summed E-state index contributed by atoms with van der Waals surface area (Å²) in [5, 5.41) is 8.95. The number of hydrogen-bond donors (Lipinski definition) is 1. The third-order valence-electron chi connectivity index (χ3n) is 3.18. The zero-order valence-electron chi connectivity index (χ0n) is 7.93. The van der Waals surface area contributed by atoms with E-state index in [4.69, 9.17) is 5.11 Å². The molecular formula is C11H12F2O. The molecule has 0 saturated heterocycles. The van der Waals surface area contributed by atoms with Crippen molar-refractivity contribution < 1.29 is 13.9 Å². The third-order valence-corrected chi connectivity index (χ3v) is 3.18. The van der Waals surface area contributed by atoms with Crippen molar-refractivity contribution in [2.45, 2.75) is 18.8 Å². The van der Waals surface area contributed by atoms with Gasteiger partial charge >= 0.3 is 0 Å². The summed E-state index contributed by atoms with van der Waals surface area (Å²) in [5.41, 5.74) is 0.0116. The average Bonchev–Trinajstić information content (AvgIpc) is 2.83. The van der Waals surface area contributed by atoms with E-state index in [-0.39, 0.29) is 23.8 Å². The molecule has 2 unspecified atom stereocenters. The third kappa shape index (κ3) is 1.32. The largest absolute Gasteiger partial charge is 0.396 e. The van der Waals surface area contributed by atoms with Gasteiger partial charge in [-0.05, 0) is 36.1 Å². The van der Waals surface area contributed by atoms with Crippen LogP contribution < -0.4 is 0 Å². The highest BCUT2D eigenvalue weighted by Gasteiger charge is 2.52. The van der Waals surface area contributed by atoms with Crippen LogP contribution in [0.15, 0.2) is 18.2 Å². The van der Waals surface area contributed by atoms with Crippen LogP contribution in [0.3, 0.4) is 0 Å². The van der Waals surface area contributed by atoms with Crippen LogP contribution in [0.2, 0.25) is 0 Å². The van der Waals surface area contributed by atoms with Crippen molar-refractivity contribution in [2.24, 2.45) is 5.92 Å². The van der Waals surface area contributed by atoms with E-state index < -0.39 is 5.82 Å². The predicted molar refractivity (Wildman–Crippen MR) is 48.9 cm³/mol. The Bertz CT molecular complexity index is 364. The van der Waals surface area contributed by atoms with E-state index in [1.54, 1.807) is 0 Å². The van der Waals surface area contributed by atoms with Gasteiger partial charge in [0.1, 0.15) is 11.6 Å². The Balaban J connectivity index is 2.38. The normalized spacial score (nSPS) is 30.4. The minimum absolute atomic E-state index is 0.0342. The molecule has 1 fully saturated rings. The maximum Gasteiger partial charge on any atom is 0.127 e. The molecule has 2 atom stereocenters. The molecule has 0 spiro atoms. The molecule has 3 heteroatoms. The fourth-order valence-electron chi connectivity index (χ4n) is 1.98. The zero-order chi connectivity index (χ0) is 10.3. The molecule has 76 valence electrons. The van der Waals surface area contributed by atoms with Gasteiger partial charge in [0.15, 0.2) is 0 Å². The van der Waals surface area contributed by atoms with Crippen LogP contribution in [-0.2, 0) is 5.41 Å². The number of benzene rings is 1. The fraction of sp³-hybridized carbons (Fsp3) is 0.455. The summed E-state index contributed by atoms with van der Waals surface area (Å²) in [7, 11) is 0. The highest BCUT2D eigenvalue weighted by molar-refractivity contribution is 5.34. The second-order valence-electron chi connectivity index (χ2n) is 4.13. The number of aliphatic hydroxyl groups is 1. The van der Waals surface area contributed by atoms with Crippen molar-refractivity contribution in [3.05, 3.63) is 35.4 Å². The molecule has 1 nitrogen and oxygen atoms in total. The first-order valence-corrected chi connectivity index (χ1v) is 4.64. The van der Waals surface area contributed by atoms with E-state index >= 15 is 0 Å². The molecule has 0 aliphatic heterocycles. The fourth-order valence-corrected chi connectivity index (χ4v) is 1.98. The maximum atomic E-state index is 13.4. The molecule has 1 aliphatic rings. The zero-order valence-corrected chi connectivity index (χ0v) is 7.93. The summed E-state index contributed by atoms with van der Waals surface area (Å²) < 4.78 is 26.3. The summed E-state index contributed by atoms with van der Waals surface area (Å²) in [4.78, 5) is 0. The van der Waals surface area contributed by atoms with Gasteiger partial charge in [0, 0.05) is 12.0 Å². The van der Waals surface area contributed by atoms with E-state index in [9.17, 15) is 8.78 Å². The van der Waals surface area contributed by atoms with Gasteiger partial charge < -0.3 is 5.11 Å². The Labute approximate surface area is 81.4 Å². The topological polar surface area (TPSA) is 20.2 Å². The van der Waals surface area contributed by atoms with Crippen molar-refractivity contribution in [2.75, 3.05) is 6.61 Å². The van der Waals surface area contributed by atoms with Gasteiger partial charge in [-0.15, -0.1) is 0 Å². The molecule has 1 aliphatic carbocycles. The van der Waals surface area contributed by atoms with Gasteiger partial charge in [0.25, 0.3) is 0 Å². The lowest BCUT2D eigenvalue weighted by atomic mass is 9.95. The Morgan fingerprint density at radius 2 is 2.21 bits per heavy atom. The molecular weight excluding hydrogens is 186 g/mol. The van der Waals surface area contributed by atoms with Gasteiger partial charge in [-0.2, -0.15) is 0 Å². The molecule has 1 saturated carbocycles. The van der Waals surface area contributed by atoms with E-state index in [1.807, 2.05) is 6.92 Å². The number of hydrogen-bond acceptors (Lipinski definition) is 1. The first kappa shape index (κ1) is 9.59. The van der Waals surface area contributed by atoms with Crippen LogP contribution in [0, 0.1) is 17.6 Å². The lowest BCUT2D eigenvalue weighted by Gasteiger charge is -2.12. The van der Waals surface area contributed by atoms with Crippen LogP contribution in [0.4, 0.5) is 8.78 Å². The van der Waals surface area contributed by atoms with E-state index in [1.165, 1.54) is 6.07 Å². The molecule has 0 radical (unpaired) electrons. The number of halogens is 2. The van der Waals surface area contributed by atoms with Crippen LogP contribution in [0.5, 0.6) is 0 Å². The molecule has 0 amide bonds. The summed E-state index contributed by atoms with van der Waals surface area (Å²) >= 11 is 0. The van der Waals surface area contributed by atoms with Gasteiger partial charge in [-0.25, -0.2) is 8.78 Å². The SMILES string of the molecule is CC1(c2cc(F)ccc2F)CC1CO. The Morgan fingerprint density at radius 1 is 1.50 bits per heavy atom. The Hall–Kier alpha value is -0.960. The quantitative estimate of drug-likeness (QED) is 0.772. The monoisotopic (exact) mass is 198 g/mol. The standard InChI is InChI=1S/C11H12F2O/c1-11(5-7(11)6-14)9-4-8(12)2-3-10(9)13/h2-4,7,14H,5-6H2,1H3. The minimum Gasteiger partial charge on any atom is -0.396 e. The van der Waals surface area contributed by atoms with Crippen LogP contribution >= 0.6 is 0 Å². The van der Waals surface area contributed by atoms with Gasteiger partial charge in [-0.1, -0.05) is 6.92 Å². The summed E-state index contributed by atoms with van der Waals surface area (Å²) in [6, 6.07) is 3.48. The first-order valence-electron chi connectivity index (χ1n) is 4.64. The lowest BCUT2D eigenvalue weighted by molar-refractivity contribution is 0.265. The Morgan fingerprint density at radius 3 is 2.79 bits per heavy atom. The molecule has 0 bridgehead atoms. The molecule has 14 heavy (non-hydrogen) atoms. The van der Waals surface area contributed by atoms with Crippen molar-refractivity contribution >= 4 is 0 Å². The summed E-state index contributed by atoms with van der Waals surface area (Å²) in [5.74, 6) is -0.741. The number of rotatable bonds is 2. The van der Waals surface area contributed by atoms with Crippen molar-refractivity contribution in [3.63, 3.8) is 0 Å². The summed E-state index contributed by atoms with van der Waals surface area (Å²) in [6.07, 6.45) is 0.726. The van der Waals surface area contributed by atoms with Crippen LogP contribution in [0.25, 0.3) is 0 Å². The van der Waals surface area contributed by atoms with Crippen molar-refractivity contribution in [1.82, 2.24) is 0 Å². The highest BCUT2D eigenvalue weighted by atomic mass is 19.1.